The summed E-state index contributed by atoms with van der Waals surface area (Å²) in [4.78, 5) is 29.8. The highest BCUT2D eigenvalue weighted by atomic mass is 16.5. The Labute approximate surface area is 127 Å². The summed E-state index contributed by atoms with van der Waals surface area (Å²) < 4.78 is 4.78. The molecule has 1 aromatic carbocycles. The number of primary amides is 1. The number of aromatic hydroxyl groups is 1. The number of carbonyl (C=O) groups excluding carboxylic acids is 2. The minimum Gasteiger partial charge on any atom is -0.508 e. The van der Waals surface area contributed by atoms with Crippen LogP contribution in [0.4, 0.5) is 0 Å². The lowest BCUT2D eigenvalue weighted by atomic mass is 9.98. The lowest BCUT2D eigenvalue weighted by molar-refractivity contribution is -0.142. The molecule has 7 nitrogen and oxygen atoms in total. The molecule has 0 fully saturated rings. The van der Waals surface area contributed by atoms with Gasteiger partial charge in [0.15, 0.2) is 0 Å². The number of amides is 1. The zero-order chi connectivity index (χ0) is 16.1. The molecule has 116 valence electrons. The highest BCUT2D eigenvalue weighted by Crippen LogP contribution is 2.22. The summed E-state index contributed by atoms with van der Waals surface area (Å²) in [6.07, 6.45) is 2.32. The summed E-state index contributed by atoms with van der Waals surface area (Å²) in [6, 6.07) is 6.79. The molecule has 1 aromatic heterocycles. The molecule has 1 heterocycles. The van der Waals surface area contributed by atoms with Crippen molar-refractivity contribution in [2.24, 2.45) is 5.73 Å². The quantitative estimate of drug-likeness (QED) is 0.691. The lowest BCUT2D eigenvalue weighted by Gasteiger charge is -2.12. The maximum atomic E-state index is 11.9. The molecule has 22 heavy (non-hydrogen) atoms. The Kier molecular flexibility index (Phi) is 4.77. The number of esters is 1. The Balaban J connectivity index is 2.15. The fourth-order valence-electron chi connectivity index (χ4n) is 2.17. The fraction of sp³-hybridized carbons (Fsp3) is 0.267. The van der Waals surface area contributed by atoms with Crippen LogP contribution < -0.4 is 5.73 Å². The predicted molar refractivity (Wildman–Crippen MR) is 78.3 cm³/mol. The maximum Gasteiger partial charge on any atom is 0.316 e. The number of nitrogens with two attached hydrogens (primary N) is 1. The van der Waals surface area contributed by atoms with E-state index >= 15 is 0 Å². The maximum absolute atomic E-state index is 11.9. The first-order chi connectivity index (χ1) is 10.5. The number of nitrogens with zero attached hydrogens (tertiary/aromatic N) is 1. The molecule has 0 spiro atoms. The number of phenolic OH excluding ortho intramolecular Hbond substituents is 1. The van der Waals surface area contributed by atoms with Gasteiger partial charge in [0.2, 0.25) is 0 Å². The van der Waals surface area contributed by atoms with Gasteiger partial charge < -0.3 is 20.6 Å². The Morgan fingerprint density at radius 3 is 2.82 bits per heavy atom. The monoisotopic (exact) mass is 303 g/mol. The van der Waals surface area contributed by atoms with E-state index in [1.165, 1.54) is 13.3 Å². The van der Waals surface area contributed by atoms with Crippen LogP contribution in [0.25, 0.3) is 0 Å². The molecule has 1 unspecified atom stereocenters. The summed E-state index contributed by atoms with van der Waals surface area (Å²) in [5.74, 6) is -1.26. The molecule has 2 aromatic rings. The second kappa shape index (κ2) is 6.75. The first kappa shape index (κ1) is 15.6. The van der Waals surface area contributed by atoms with Gasteiger partial charge in [0.05, 0.1) is 7.11 Å². The van der Waals surface area contributed by atoms with Gasteiger partial charge in [-0.25, -0.2) is 4.98 Å². The van der Waals surface area contributed by atoms with Gasteiger partial charge in [-0.3, -0.25) is 9.59 Å². The summed E-state index contributed by atoms with van der Waals surface area (Å²) in [6.45, 7) is 0. The largest absolute Gasteiger partial charge is 0.508 e. The van der Waals surface area contributed by atoms with Crippen LogP contribution in [0.5, 0.6) is 5.75 Å². The standard InChI is InChI=1S/C15H17N3O4/c1-22-15(21)11(14-17-8-12(18-14)13(16)20)6-5-9-3-2-4-10(19)7-9/h2-4,7-8,11,19H,5-6H2,1H3,(H2,16,20)(H,17,18). The number of aryl methyl sites for hydroxylation is 1. The van der Waals surface area contributed by atoms with Crippen molar-refractivity contribution in [1.82, 2.24) is 9.97 Å². The molecule has 1 atom stereocenters. The molecule has 4 N–H and O–H groups in total. The number of hydrogen-bond acceptors (Lipinski definition) is 5. The second-order valence-corrected chi connectivity index (χ2v) is 4.82. The molecule has 0 aliphatic carbocycles. The third kappa shape index (κ3) is 3.63. The smallest absolute Gasteiger partial charge is 0.316 e. The van der Waals surface area contributed by atoms with Crippen LogP contribution in [0.3, 0.4) is 0 Å². The summed E-state index contributed by atoms with van der Waals surface area (Å²) >= 11 is 0. The van der Waals surface area contributed by atoms with Gasteiger partial charge in [-0.1, -0.05) is 12.1 Å². The van der Waals surface area contributed by atoms with Gasteiger partial charge in [0, 0.05) is 6.20 Å². The Morgan fingerprint density at radius 1 is 1.45 bits per heavy atom. The van der Waals surface area contributed by atoms with Crippen LogP contribution in [0.2, 0.25) is 0 Å². The van der Waals surface area contributed by atoms with Gasteiger partial charge in [-0.15, -0.1) is 0 Å². The Morgan fingerprint density at radius 2 is 2.23 bits per heavy atom. The number of phenols is 1. The number of benzene rings is 1. The van der Waals surface area contributed by atoms with Gasteiger partial charge in [0.25, 0.3) is 5.91 Å². The molecule has 2 rings (SSSR count). The van der Waals surface area contributed by atoms with Crippen molar-refractivity contribution in [3.8, 4) is 5.75 Å². The highest BCUT2D eigenvalue weighted by Gasteiger charge is 2.25. The van der Waals surface area contributed by atoms with Crippen molar-refractivity contribution in [2.75, 3.05) is 7.11 Å². The molecule has 0 aliphatic rings. The van der Waals surface area contributed by atoms with E-state index in [-0.39, 0.29) is 11.4 Å². The van der Waals surface area contributed by atoms with Crippen LogP contribution in [0.15, 0.2) is 30.5 Å². The topological polar surface area (TPSA) is 118 Å². The van der Waals surface area contributed by atoms with Crippen molar-refractivity contribution in [2.45, 2.75) is 18.8 Å². The average Bonchev–Trinajstić information content (AvgIpc) is 2.97. The molecular formula is C15H17N3O4. The van der Waals surface area contributed by atoms with E-state index in [9.17, 15) is 14.7 Å². The molecule has 0 radical (unpaired) electrons. The van der Waals surface area contributed by atoms with E-state index in [1.54, 1.807) is 18.2 Å². The third-order valence-corrected chi connectivity index (χ3v) is 3.30. The van der Waals surface area contributed by atoms with Crippen molar-refractivity contribution < 1.29 is 19.4 Å². The number of nitrogens with one attached hydrogen (secondary N) is 1. The summed E-state index contributed by atoms with van der Waals surface area (Å²) in [5.41, 5.74) is 6.11. The number of hydrogen-bond donors (Lipinski definition) is 3. The van der Waals surface area contributed by atoms with Crippen LogP contribution in [-0.4, -0.2) is 34.1 Å². The first-order valence-corrected chi connectivity index (χ1v) is 6.72. The molecule has 1 amide bonds. The van der Waals surface area contributed by atoms with E-state index in [2.05, 4.69) is 9.97 Å². The summed E-state index contributed by atoms with van der Waals surface area (Å²) in [5, 5.41) is 9.45. The molecule has 0 saturated heterocycles. The lowest BCUT2D eigenvalue weighted by Crippen LogP contribution is -2.17. The minimum atomic E-state index is -0.668. The van der Waals surface area contributed by atoms with Gasteiger partial charge >= 0.3 is 5.97 Å². The number of aromatic nitrogens is 2. The van der Waals surface area contributed by atoms with Crippen molar-refractivity contribution in [1.29, 1.82) is 0 Å². The van der Waals surface area contributed by atoms with Gasteiger partial charge in [-0.2, -0.15) is 0 Å². The number of ether oxygens (including phenoxy) is 1. The predicted octanol–water partition coefficient (Wildman–Crippen LogP) is 1.10. The fourth-order valence-corrected chi connectivity index (χ4v) is 2.17. The number of H-pyrrole nitrogens is 1. The molecular weight excluding hydrogens is 286 g/mol. The Hall–Kier alpha value is -2.83. The first-order valence-electron chi connectivity index (χ1n) is 6.72. The SMILES string of the molecule is COC(=O)C(CCc1cccc(O)c1)c1nc(C(N)=O)c[nH]1. The molecule has 0 aliphatic heterocycles. The number of imidazole rings is 1. The molecule has 0 bridgehead atoms. The second-order valence-electron chi connectivity index (χ2n) is 4.82. The van der Waals surface area contributed by atoms with Crippen molar-refractivity contribution >= 4 is 11.9 Å². The number of carbonyl (C=O) groups is 2. The number of methoxy groups -OCH3 is 1. The van der Waals surface area contributed by atoms with Crippen molar-refractivity contribution in [3.63, 3.8) is 0 Å². The van der Waals surface area contributed by atoms with E-state index in [1.807, 2.05) is 6.07 Å². The molecule has 7 heteroatoms. The minimum absolute atomic E-state index is 0.0706. The van der Waals surface area contributed by atoms with Gasteiger partial charge in [0.1, 0.15) is 23.2 Å². The summed E-state index contributed by atoms with van der Waals surface area (Å²) in [7, 11) is 1.29. The van der Waals surface area contributed by atoms with Crippen molar-refractivity contribution in [3.05, 3.63) is 47.5 Å². The third-order valence-electron chi connectivity index (χ3n) is 3.30. The van der Waals surface area contributed by atoms with E-state index in [0.717, 1.165) is 5.56 Å². The van der Waals surface area contributed by atoms with Crippen LogP contribution in [0, 0.1) is 0 Å². The highest BCUT2D eigenvalue weighted by molar-refractivity contribution is 5.90. The van der Waals surface area contributed by atoms with Gasteiger partial charge in [-0.05, 0) is 30.5 Å². The van der Waals surface area contributed by atoms with Crippen LogP contribution >= 0.6 is 0 Å². The van der Waals surface area contributed by atoms with E-state index in [4.69, 9.17) is 10.5 Å². The Bertz CT molecular complexity index is 681. The molecule has 0 saturated carbocycles. The van der Waals surface area contributed by atoms with Crippen LogP contribution in [-0.2, 0) is 16.0 Å². The number of aromatic amines is 1. The zero-order valence-corrected chi connectivity index (χ0v) is 12.1. The number of rotatable bonds is 6. The van der Waals surface area contributed by atoms with E-state index < -0.39 is 17.8 Å². The normalized spacial score (nSPS) is 11.9. The average molecular weight is 303 g/mol. The van der Waals surface area contributed by atoms with E-state index in [0.29, 0.717) is 18.7 Å². The zero-order valence-electron chi connectivity index (χ0n) is 12.1. The van der Waals surface area contributed by atoms with Crippen LogP contribution in [0.1, 0.15) is 34.2 Å².